The Kier molecular flexibility index (Phi) is 3.80. The summed E-state index contributed by atoms with van der Waals surface area (Å²) in [5.41, 5.74) is 3.83. The van der Waals surface area contributed by atoms with Crippen molar-refractivity contribution in [2.75, 3.05) is 6.54 Å². The number of carbonyl (C=O) groups excluding carboxylic acids is 1. The summed E-state index contributed by atoms with van der Waals surface area (Å²) in [7, 11) is 0. The molecule has 2 aromatic heterocycles. The standard InChI is InChI=1S/C18H18ClN3O3/c1-9-7-12-10(2)16(24-17(12)13(19)8-9)18(23)22-6-4-5-14(22)15-11(3)20-25-21-15/h7-8,14H,4-6H2,1-3H3/t14-/m0/s1. The highest BCUT2D eigenvalue weighted by Crippen LogP contribution is 2.37. The van der Waals surface area contributed by atoms with Crippen LogP contribution in [0.4, 0.5) is 0 Å². The van der Waals surface area contributed by atoms with Gasteiger partial charge in [0.1, 0.15) is 11.4 Å². The number of halogens is 1. The van der Waals surface area contributed by atoms with Crippen LogP contribution in [-0.4, -0.2) is 27.7 Å². The van der Waals surface area contributed by atoms with Crippen molar-refractivity contribution in [3.63, 3.8) is 0 Å². The molecule has 0 unspecified atom stereocenters. The Hall–Kier alpha value is -2.34. The Morgan fingerprint density at radius 3 is 2.80 bits per heavy atom. The number of benzene rings is 1. The van der Waals surface area contributed by atoms with E-state index in [9.17, 15) is 4.79 Å². The minimum atomic E-state index is -0.146. The second kappa shape index (κ2) is 5.88. The molecule has 1 saturated heterocycles. The van der Waals surface area contributed by atoms with Crippen LogP contribution in [0.1, 0.15) is 52.0 Å². The molecule has 0 N–H and O–H groups in total. The van der Waals surface area contributed by atoms with Gasteiger partial charge in [-0.25, -0.2) is 4.63 Å². The lowest BCUT2D eigenvalue weighted by Gasteiger charge is -2.22. The molecule has 25 heavy (non-hydrogen) atoms. The van der Waals surface area contributed by atoms with Gasteiger partial charge in [-0.15, -0.1) is 0 Å². The molecular weight excluding hydrogens is 342 g/mol. The normalized spacial score (nSPS) is 17.6. The molecule has 130 valence electrons. The summed E-state index contributed by atoms with van der Waals surface area (Å²) in [5, 5.41) is 9.22. The first kappa shape index (κ1) is 16.1. The van der Waals surface area contributed by atoms with E-state index >= 15 is 0 Å². The molecule has 1 amide bonds. The predicted molar refractivity (Wildman–Crippen MR) is 92.7 cm³/mol. The van der Waals surface area contributed by atoms with Crippen molar-refractivity contribution in [3.05, 3.63) is 45.4 Å². The molecule has 0 aliphatic carbocycles. The number of hydrogen-bond acceptors (Lipinski definition) is 5. The number of aromatic nitrogens is 2. The van der Waals surface area contributed by atoms with Gasteiger partial charge in [-0.3, -0.25) is 4.79 Å². The first-order valence-corrected chi connectivity index (χ1v) is 8.64. The number of likely N-dealkylation sites (tertiary alicyclic amines) is 1. The highest BCUT2D eigenvalue weighted by atomic mass is 35.5. The quantitative estimate of drug-likeness (QED) is 0.679. The van der Waals surface area contributed by atoms with E-state index in [0.29, 0.717) is 34.3 Å². The lowest BCUT2D eigenvalue weighted by Crippen LogP contribution is -2.31. The van der Waals surface area contributed by atoms with E-state index < -0.39 is 0 Å². The molecule has 0 bridgehead atoms. The Morgan fingerprint density at radius 2 is 2.08 bits per heavy atom. The number of hydrogen-bond donors (Lipinski definition) is 0. The van der Waals surface area contributed by atoms with Crippen molar-refractivity contribution in [1.29, 1.82) is 0 Å². The summed E-state index contributed by atoms with van der Waals surface area (Å²) in [6.45, 7) is 6.35. The first-order chi connectivity index (χ1) is 12.0. The van der Waals surface area contributed by atoms with Crippen molar-refractivity contribution in [3.8, 4) is 0 Å². The Balaban J connectivity index is 1.76. The molecule has 3 heterocycles. The maximum Gasteiger partial charge on any atom is 0.290 e. The van der Waals surface area contributed by atoms with Gasteiger partial charge in [-0.2, -0.15) is 0 Å². The lowest BCUT2D eigenvalue weighted by molar-refractivity contribution is 0.0699. The van der Waals surface area contributed by atoms with Crippen LogP contribution in [0.3, 0.4) is 0 Å². The molecule has 0 saturated carbocycles. The minimum absolute atomic E-state index is 0.136. The Bertz CT molecular complexity index is 976. The maximum atomic E-state index is 13.2. The molecule has 7 heteroatoms. The van der Waals surface area contributed by atoms with Crippen LogP contribution in [0.25, 0.3) is 11.0 Å². The minimum Gasteiger partial charge on any atom is -0.449 e. The third-order valence-corrected chi connectivity index (χ3v) is 5.13. The molecule has 1 aliphatic rings. The molecular formula is C18H18ClN3O3. The van der Waals surface area contributed by atoms with E-state index in [1.54, 1.807) is 4.90 Å². The fraction of sp³-hybridized carbons (Fsp3) is 0.389. The lowest BCUT2D eigenvalue weighted by atomic mass is 10.1. The van der Waals surface area contributed by atoms with Crippen molar-refractivity contribution in [2.45, 2.75) is 39.7 Å². The fourth-order valence-electron chi connectivity index (χ4n) is 3.58. The van der Waals surface area contributed by atoms with Crippen LogP contribution in [0, 0.1) is 20.8 Å². The molecule has 0 radical (unpaired) electrons. The van der Waals surface area contributed by atoms with Gasteiger partial charge >= 0.3 is 0 Å². The van der Waals surface area contributed by atoms with E-state index in [2.05, 4.69) is 10.3 Å². The topological polar surface area (TPSA) is 72.4 Å². The van der Waals surface area contributed by atoms with Crippen molar-refractivity contribution in [1.82, 2.24) is 15.2 Å². The molecule has 0 spiro atoms. The third-order valence-electron chi connectivity index (χ3n) is 4.85. The van der Waals surface area contributed by atoms with E-state index in [1.165, 1.54) is 0 Å². The molecule has 1 atom stereocenters. The molecule has 1 fully saturated rings. The van der Waals surface area contributed by atoms with E-state index in [4.69, 9.17) is 20.6 Å². The molecule has 3 aromatic rings. The van der Waals surface area contributed by atoms with Crippen molar-refractivity contribution in [2.24, 2.45) is 0 Å². The monoisotopic (exact) mass is 359 g/mol. The number of carbonyl (C=O) groups is 1. The van der Waals surface area contributed by atoms with Crippen molar-refractivity contribution < 1.29 is 13.8 Å². The fourth-order valence-corrected chi connectivity index (χ4v) is 3.89. The summed E-state index contributed by atoms with van der Waals surface area (Å²) in [5.74, 6) is 0.191. The highest BCUT2D eigenvalue weighted by Gasteiger charge is 2.36. The molecule has 1 aromatic carbocycles. The zero-order valence-corrected chi connectivity index (χ0v) is 15.1. The molecule has 4 rings (SSSR count). The van der Waals surface area contributed by atoms with Gasteiger partial charge in [-0.05, 0) is 51.3 Å². The second-order valence-electron chi connectivity index (χ2n) is 6.57. The van der Waals surface area contributed by atoms with Gasteiger partial charge < -0.3 is 9.32 Å². The number of nitrogens with zero attached hydrogens (tertiary/aromatic N) is 3. The Labute approximate surface area is 149 Å². The maximum absolute atomic E-state index is 13.2. The van der Waals surface area contributed by atoms with Gasteiger partial charge in [0.2, 0.25) is 0 Å². The van der Waals surface area contributed by atoms with Gasteiger partial charge in [0.25, 0.3) is 5.91 Å². The summed E-state index contributed by atoms with van der Waals surface area (Å²) in [4.78, 5) is 15.0. The SMILES string of the molecule is Cc1cc(Cl)c2oc(C(=O)N3CCC[C@H]3c3nonc3C)c(C)c2c1. The number of amides is 1. The zero-order valence-electron chi connectivity index (χ0n) is 14.3. The number of rotatable bonds is 2. The first-order valence-electron chi connectivity index (χ1n) is 8.26. The zero-order chi connectivity index (χ0) is 17.7. The van der Waals surface area contributed by atoms with Gasteiger partial charge in [0, 0.05) is 17.5 Å². The number of furan rings is 1. The second-order valence-corrected chi connectivity index (χ2v) is 6.98. The van der Waals surface area contributed by atoms with Crippen LogP contribution in [0.15, 0.2) is 21.2 Å². The van der Waals surface area contributed by atoms with Crippen LogP contribution >= 0.6 is 11.6 Å². The molecule has 6 nitrogen and oxygen atoms in total. The smallest absolute Gasteiger partial charge is 0.290 e. The van der Waals surface area contributed by atoms with Crippen molar-refractivity contribution >= 4 is 28.5 Å². The van der Waals surface area contributed by atoms with Gasteiger partial charge in [0.15, 0.2) is 11.3 Å². The van der Waals surface area contributed by atoms with Crippen LogP contribution in [0.2, 0.25) is 5.02 Å². The highest BCUT2D eigenvalue weighted by molar-refractivity contribution is 6.35. The third kappa shape index (κ3) is 2.52. The largest absolute Gasteiger partial charge is 0.449 e. The van der Waals surface area contributed by atoms with E-state index in [-0.39, 0.29) is 11.9 Å². The number of fused-ring (bicyclic) bond motifs is 1. The van der Waals surface area contributed by atoms with Gasteiger partial charge in [-0.1, -0.05) is 21.9 Å². The van der Waals surface area contributed by atoms with Crippen LogP contribution in [-0.2, 0) is 0 Å². The Morgan fingerprint density at radius 1 is 1.28 bits per heavy atom. The average Bonchev–Trinajstić information content (AvgIpc) is 3.26. The summed E-state index contributed by atoms with van der Waals surface area (Å²) in [6, 6.07) is 3.69. The molecule has 1 aliphatic heterocycles. The van der Waals surface area contributed by atoms with Crippen LogP contribution < -0.4 is 0 Å². The van der Waals surface area contributed by atoms with E-state index in [0.717, 1.165) is 29.4 Å². The van der Waals surface area contributed by atoms with Crippen LogP contribution in [0.5, 0.6) is 0 Å². The predicted octanol–water partition coefficient (Wildman–Crippen LogP) is 4.37. The van der Waals surface area contributed by atoms with Gasteiger partial charge in [0.05, 0.1) is 11.1 Å². The summed E-state index contributed by atoms with van der Waals surface area (Å²) < 4.78 is 10.7. The summed E-state index contributed by atoms with van der Waals surface area (Å²) >= 11 is 6.29. The summed E-state index contributed by atoms with van der Waals surface area (Å²) in [6.07, 6.45) is 1.74. The number of aryl methyl sites for hydroxylation is 3. The van der Waals surface area contributed by atoms with E-state index in [1.807, 2.05) is 32.9 Å². The average molecular weight is 360 g/mol.